The number of rotatable bonds is 4. The van der Waals surface area contributed by atoms with E-state index in [0.29, 0.717) is 29.5 Å². The summed E-state index contributed by atoms with van der Waals surface area (Å²) in [6, 6.07) is 12.4. The van der Waals surface area contributed by atoms with Crippen LogP contribution in [-0.4, -0.2) is 33.5 Å². The second kappa shape index (κ2) is 6.35. The predicted octanol–water partition coefficient (Wildman–Crippen LogP) is 3.19. The van der Waals surface area contributed by atoms with Crippen molar-refractivity contribution in [3.63, 3.8) is 0 Å². The van der Waals surface area contributed by atoms with Gasteiger partial charge in [-0.05, 0) is 35.4 Å². The monoisotopic (exact) mass is 361 g/mol. The molecule has 1 aliphatic heterocycles. The lowest BCUT2D eigenvalue weighted by Gasteiger charge is -2.39. The number of hydrogen-bond acceptors (Lipinski definition) is 4. The maximum Gasteiger partial charge on any atom is 0.243 e. The van der Waals surface area contributed by atoms with Crippen LogP contribution in [0.2, 0.25) is 0 Å². The topological polar surface area (TPSA) is 55.8 Å². The van der Waals surface area contributed by atoms with E-state index in [9.17, 15) is 8.42 Å². The van der Waals surface area contributed by atoms with E-state index >= 15 is 0 Å². The highest BCUT2D eigenvalue weighted by Gasteiger charge is 2.38. The fourth-order valence-corrected chi connectivity index (χ4v) is 4.97. The van der Waals surface area contributed by atoms with Gasteiger partial charge in [0.15, 0.2) is 11.5 Å². The van der Waals surface area contributed by atoms with Gasteiger partial charge in [-0.15, -0.1) is 0 Å². The molecule has 25 heavy (non-hydrogen) atoms. The molecule has 0 spiro atoms. The van der Waals surface area contributed by atoms with Gasteiger partial charge in [0.05, 0.1) is 19.1 Å². The standard InChI is InChI=1S/C19H23NO4S/c1-19(2)13-20(25(21,22)15-8-6-5-7-9-15)12-14-10-17(23-3)18(24-4)11-16(14)19/h5-11H,12-13H2,1-4H3. The van der Waals surface area contributed by atoms with Gasteiger partial charge in [-0.25, -0.2) is 8.42 Å². The zero-order valence-corrected chi connectivity index (χ0v) is 15.8. The number of fused-ring (bicyclic) bond motifs is 1. The lowest BCUT2D eigenvalue weighted by molar-refractivity contribution is 0.294. The summed E-state index contributed by atoms with van der Waals surface area (Å²) in [4.78, 5) is 0.315. The van der Waals surface area contributed by atoms with Crippen molar-refractivity contribution < 1.29 is 17.9 Å². The Hall–Kier alpha value is -2.05. The summed E-state index contributed by atoms with van der Waals surface area (Å²) in [5.41, 5.74) is 1.69. The van der Waals surface area contributed by atoms with E-state index in [0.717, 1.165) is 11.1 Å². The Morgan fingerprint density at radius 3 is 2.20 bits per heavy atom. The molecule has 0 saturated heterocycles. The van der Waals surface area contributed by atoms with Crippen molar-refractivity contribution >= 4 is 10.0 Å². The highest BCUT2D eigenvalue weighted by atomic mass is 32.2. The molecule has 0 N–H and O–H groups in total. The Morgan fingerprint density at radius 2 is 1.60 bits per heavy atom. The smallest absolute Gasteiger partial charge is 0.243 e. The molecule has 6 heteroatoms. The van der Waals surface area contributed by atoms with Gasteiger partial charge in [0.1, 0.15) is 0 Å². The van der Waals surface area contributed by atoms with Crippen molar-refractivity contribution in [2.24, 2.45) is 0 Å². The molecule has 1 aliphatic rings. The summed E-state index contributed by atoms with van der Waals surface area (Å²) in [6.45, 7) is 4.82. The molecule has 0 saturated carbocycles. The molecule has 0 unspecified atom stereocenters. The lowest BCUT2D eigenvalue weighted by Crippen LogP contribution is -2.45. The first-order valence-electron chi connectivity index (χ1n) is 8.10. The molecule has 0 fully saturated rings. The largest absolute Gasteiger partial charge is 0.493 e. The van der Waals surface area contributed by atoms with Crippen LogP contribution in [0.25, 0.3) is 0 Å². The third-order valence-corrected chi connectivity index (χ3v) is 6.44. The summed E-state index contributed by atoms with van der Waals surface area (Å²) in [6.07, 6.45) is 0. The summed E-state index contributed by atoms with van der Waals surface area (Å²) in [7, 11) is -0.366. The number of methoxy groups -OCH3 is 2. The fourth-order valence-electron chi connectivity index (χ4n) is 3.37. The lowest BCUT2D eigenvalue weighted by atomic mass is 9.79. The minimum atomic E-state index is -3.55. The van der Waals surface area contributed by atoms with Crippen molar-refractivity contribution in [3.05, 3.63) is 53.6 Å². The molecule has 0 atom stereocenters. The summed E-state index contributed by atoms with van der Waals surface area (Å²) < 4.78 is 38.4. The Morgan fingerprint density at radius 1 is 1.00 bits per heavy atom. The van der Waals surface area contributed by atoms with Crippen LogP contribution in [0, 0.1) is 0 Å². The second-order valence-corrected chi connectivity index (χ2v) is 8.77. The van der Waals surface area contributed by atoms with Gasteiger partial charge < -0.3 is 9.47 Å². The molecule has 1 heterocycles. The third kappa shape index (κ3) is 3.12. The maximum atomic E-state index is 13.0. The van der Waals surface area contributed by atoms with E-state index in [-0.39, 0.29) is 5.41 Å². The van der Waals surface area contributed by atoms with Crippen molar-refractivity contribution in [2.75, 3.05) is 20.8 Å². The van der Waals surface area contributed by atoms with Crippen LogP contribution in [0.4, 0.5) is 0 Å². The number of ether oxygens (including phenoxy) is 2. The third-order valence-electron chi connectivity index (χ3n) is 4.64. The summed E-state index contributed by atoms with van der Waals surface area (Å²) in [5.74, 6) is 1.27. The van der Waals surface area contributed by atoms with Gasteiger partial charge in [0.25, 0.3) is 0 Å². The van der Waals surface area contributed by atoms with Crippen molar-refractivity contribution in [3.8, 4) is 11.5 Å². The van der Waals surface area contributed by atoms with E-state index < -0.39 is 10.0 Å². The molecular weight excluding hydrogens is 338 g/mol. The first-order valence-corrected chi connectivity index (χ1v) is 9.54. The van der Waals surface area contributed by atoms with Crippen LogP contribution in [0.3, 0.4) is 0 Å². The van der Waals surface area contributed by atoms with Crippen LogP contribution in [0.1, 0.15) is 25.0 Å². The molecule has 134 valence electrons. The zero-order valence-electron chi connectivity index (χ0n) is 14.9. The molecule has 0 amide bonds. The first kappa shape index (κ1) is 17.8. The predicted molar refractivity (Wildman–Crippen MR) is 96.6 cm³/mol. The van der Waals surface area contributed by atoms with E-state index in [1.807, 2.05) is 32.0 Å². The van der Waals surface area contributed by atoms with Crippen molar-refractivity contribution in [1.82, 2.24) is 4.31 Å². The van der Waals surface area contributed by atoms with Crippen molar-refractivity contribution in [2.45, 2.75) is 30.7 Å². The minimum absolute atomic E-state index is 0.315. The molecule has 0 aliphatic carbocycles. The molecule has 2 aromatic carbocycles. The van der Waals surface area contributed by atoms with Gasteiger partial charge in [-0.3, -0.25) is 0 Å². The number of nitrogens with zero attached hydrogens (tertiary/aromatic N) is 1. The average Bonchev–Trinajstić information content (AvgIpc) is 2.60. The van der Waals surface area contributed by atoms with Crippen LogP contribution in [0.5, 0.6) is 11.5 Å². The van der Waals surface area contributed by atoms with Crippen molar-refractivity contribution in [1.29, 1.82) is 0 Å². The van der Waals surface area contributed by atoms with Gasteiger partial charge in [0, 0.05) is 18.5 Å². The Labute approximate surface area is 149 Å². The molecule has 0 aromatic heterocycles. The summed E-state index contributed by atoms with van der Waals surface area (Å²) >= 11 is 0. The van der Waals surface area contributed by atoms with Gasteiger partial charge in [0.2, 0.25) is 10.0 Å². The molecule has 0 bridgehead atoms. The molecule has 2 aromatic rings. The van der Waals surface area contributed by atoms with E-state index in [1.165, 1.54) is 4.31 Å². The Balaban J connectivity index is 2.07. The van der Waals surface area contributed by atoms with Gasteiger partial charge in [-0.1, -0.05) is 32.0 Å². The molecule has 3 rings (SSSR count). The van der Waals surface area contributed by atoms with E-state index in [4.69, 9.17) is 9.47 Å². The highest BCUT2D eigenvalue weighted by Crippen LogP contribution is 2.41. The number of hydrogen-bond donors (Lipinski definition) is 0. The quantitative estimate of drug-likeness (QED) is 0.839. The minimum Gasteiger partial charge on any atom is -0.493 e. The Bertz CT molecular complexity index is 876. The fraction of sp³-hybridized carbons (Fsp3) is 0.368. The molecular formula is C19H23NO4S. The van der Waals surface area contributed by atoms with E-state index in [1.54, 1.807) is 38.5 Å². The average molecular weight is 361 g/mol. The van der Waals surface area contributed by atoms with E-state index in [2.05, 4.69) is 0 Å². The SMILES string of the molecule is COc1cc2c(cc1OC)C(C)(C)CN(S(=O)(=O)c1ccccc1)C2. The normalized spacial score (nSPS) is 17.0. The first-order chi connectivity index (χ1) is 11.8. The molecule has 5 nitrogen and oxygen atoms in total. The van der Waals surface area contributed by atoms with Crippen LogP contribution in [0.15, 0.2) is 47.4 Å². The van der Waals surface area contributed by atoms with Gasteiger partial charge in [-0.2, -0.15) is 4.31 Å². The molecule has 0 radical (unpaired) electrons. The number of sulfonamides is 1. The number of benzene rings is 2. The second-order valence-electron chi connectivity index (χ2n) is 6.83. The van der Waals surface area contributed by atoms with Crippen LogP contribution < -0.4 is 9.47 Å². The van der Waals surface area contributed by atoms with Crippen LogP contribution in [-0.2, 0) is 22.0 Å². The van der Waals surface area contributed by atoms with Crippen LogP contribution >= 0.6 is 0 Å². The summed E-state index contributed by atoms with van der Waals surface area (Å²) in [5, 5.41) is 0. The maximum absolute atomic E-state index is 13.0. The zero-order chi connectivity index (χ0) is 18.2. The highest BCUT2D eigenvalue weighted by molar-refractivity contribution is 7.89. The van der Waals surface area contributed by atoms with Gasteiger partial charge >= 0.3 is 0 Å². The Kier molecular flexibility index (Phi) is 4.51.